The molecule has 3 heterocycles. The molecule has 1 aromatic carbocycles. The van der Waals surface area contributed by atoms with Crippen LogP contribution in [-0.4, -0.2) is 49.0 Å². The van der Waals surface area contributed by atoms with Crippen LogP contribution in [0.15, 0.2) is 41.1 Å². The third-order valence-electron chi connectivity index (χ3n) is 6.42. The third kappa shape index (κ3) is 2.85. The summed E-state index contributed by atoms with van der Waals surface area (Å²) in [6.07, 6.45) is 6.85. The average molecular weight is 390 g/mol. The molecule has 148 valence electrons. The standard InChI is InChI=1S/C21H22N6O2/c28-20(21(9-10-21)15-4-2-1-3-5-15)26-11-8-16(12-26)27-13-17(23-25-27)19-22-18(24-29-19)14-6-7-14/h1-5,13-14,16H,6-12H2/t16-/m0/s1. The Kier molecular flexibility index (Phi) is 3.63. The molecule has 0 bridgehead atoms. The van der Waals surface area contributed by atoms with Gasteiger partial charge < -0.3 is 9.42 Å². The van der Waals surface area contributed by atoms with Crippen molar-refractivity contribution in [2.45, 2.75) is 49.5 Å². The van der Waals surface area contributed by atoms with E-state index in [0.717, 1.165) is 50.0 Å². The lowest BCUT2D eigenvalue weighted by Gasteiger charge is -2.23. The first-order valence-electron chi connectivity index (χ1n) is 10.3. The highest BCUT2D eigenvalue weighted by atomic mass is 16.5. The van der Waals surface area contributed by atoms with Gasteiger partial charge >= 0.3 is 0 Å². The van der Waals surface area contributed by atoms with Crippen LogP contribution in [0.25, 0.3) is 11.6 Å². The summed E-state index contributed by atoms with van der Waals surface area (Å²) in [5.41, 5.74) is 1.42. The average Bonchev–Trinajstić information content (AvgIpc) is 3.58. The van der Waals surface area contributed by atoms with Gasteiger partial charge in [0.25, 0.3) is 5.89 Å². The first-order chi connectivity index (χ1) is 14.2. The first-order valence-corrected chi connectivity index (χ1v) is 10.3. The van der Waals surface area contributed by atoms with Crippen LogP contribution in [0.1, 0.15) is 55.5 Å². The zero-order valence-corrected chi connectivity index (χ0v) is 16.1. The highest BCUT2D eigenvalue weighted by Crippen LogP contribution is 2.50. The molecule has 1 saturated heterocycles. The third-order valence-corrected chi connectivity index (χ3v) is 6.42. The molecule has 8 heteroatoms. The number of likely N-dealkylation sites (tertiary alicyclic amines) is 1. The predicted octanol–water partition coefficient (Wildman–Crippen LogP) is 2.71. The summed E-state index contributed by atoms with van der Waals surface area (Å²) in [5, 5.41) is 12.5. The molecule has 0 spiro atoms. The highest BCUT2D eigenvalue weighted by molar-refractivity contribution is 5.91. The number of aromatic nitrogens is 5. The lowest BCUT2D eigenvalue weighted by atomic mass is 9.94. The minimum absolute atomic E-state index is 0.123. The molecule has 3 fully saturated rings. The largest absolute Gasteiger partial charge is 0.340 e. The summed E-state index contributed by atoms with van der Waals surface area (Å²) in [7, 11) is 0. The van der Waals surface area contributed by atoms with Gasteiger partial charge in [0.1, 0.15) is 0 Å². The zero-order valence-electron chi connectivity index (χ0n) is 16.1. The lowest BCUT2D eigenvalue weighted by Crippen LogP contribution is -2.38. The number of hydrogen-bond donors (Lipinski definition) is 0. The van der Waals surface area contributed by atoms with Gasteiger partial charge in [-0.1, -0.05) is 40.7 Å². The number of rotatable bonds is 5. The SMILES string of the molecule is O=C(N1CC[C@H](n2cc(-c3nc(C4CC4)no3)nn2)C1)C1(c2ccccc2)CC1. The summed E-state index contributed by atoms with van der Waals surface area (Å²) < 4.78 is 7.19. The molecular weight excluding hydrogens is 368 g/mol. The number of benzene rings is 1. The Morgan fingerprint density at radius 3 is 2.72 bits per heavy atom. The lowest BCUT2D eigenvalue weighted by molar-refractivity contribution is -0.133. The maximum Gasteiger partial charge on any atom is 0.280 e. The summed E-state index contributed by atoms with van der Waals surface area (Å²) >= 11 is 0. The number of carbonyl (C=O) groups excluding carboxylic acids is 1. The fraction of sp³-hybridized carbons (Fsp3) is 0.476. The Bertz CT molecular complexity index is 1050. The van der Waals surface area contributed by atoms with Gasteiger partial charge in [0, 0.05) is 19.0 Å². The van der Waals surface area contributed by atoms with E-state index >= 15 is 0 Å². The minimum atomic E-state index is -0.313. The molecule has 0 unspecified atom stereocenters. The molecule has 8 nitrogen and oxygen atoms in total. The Morgan fingerprint density at radius 1 is 1.14 bits per heavy atom. The van der Waals surface area contributed by atoms with Crippen molar-refractivity contribution in [3.63, 3.8) is 0 Å². The van der Waals surface area contributed by atoms with E-state index in [1.54, 1.807) is 0 Å². The van der Waals surface area contributed by atoms with E-state index in [0.29, 0.717) is 24.0 Å². The Balaban J connectivity index is 1.16. The molecule has 1 amide bonds. The van der Waals surface area contributed by atoms with Gasteiger partial charge in [-0.25, -0.2) is 4.68 Å². The predicted molar refractivity (Wildman–Crippen MR) is 103 cm³/mol. The molecule has 6 rings (SSSR count). The molecule has 0 N–H and O–H groups in total. The van der Waals surface area contributed by atoms with Gasteiger partial charge in [-0.05, 0) is 37.7 Å². The normalized spacial score (nSPS) is 22.8. The number of hydrogen-bond acceptors (Lipinski definition) is 6. The van der Waals surface area contributed by atoms with Crippen molar-refractivity contribution in [2.24, 2.45) is 0 Å². The highest BCUT2D eigenvalue weighted by Gasteiger charge is 2.53. The van der Waals surface area contributed by atoms with Crippen LogP contribution in [-0.2, 0) is 10.2 Å². The minimum Gasteiger partial charge on any atom is -0.340 e. The topological polar surface area (TPSA) is 89.9 Å². The van der Waals surface area contributed by atoms with Crippen molar-refractivity contribution in [3.05, 3.63) is 47.9 Å². The molecule has 1 atom stereocenters. The maximum atomic E-state index is 13.3. The smallest absolute Gasteiger partial charge is 0.280 e. The Labute approximate surface area is 167 Å². The van der Waals surface area contributed by atoms with E-state index in [2.05, 4.69) is 32.6 Å². The van der Waals surface area contributed by atoms with Gasteiger partial charge in [-0.15, -0.1) is 5.10 Å². The second-order valence-corrected chi connectivity index (χ2v) is 8.46. The van der Waals surface area contributed by atoms with Crippen LogP contribution in [0.2, 0.25) is 0 Å². The first kappa shape index (κ1) is 16.9. The Hall–Kier alpha value is -3.03. The van der Waals surface area contributed by atoms with Crippen molar-refractivity contribution in [1.29, 1.82) is 0 Å². The van der Waals surface area contributed by atoms with E-state index in [1.807, 2.05) is 34.0 Å². The molecule has 29 heavy (non-hydrogen) atoms. The molecule has 2 saturated carbocycles. The monoisotopic (exact) mass is 390 g/mol. The van der Waals surface area contributed by atoms with Crippen LogP contribution in [0, 0.1) is 0 Å². The second kappa shape index (κ2) is 6.23. The molecule has 1 aliphatic heterocycles. The van der Waals surface area contributed by atoms with Crippen LogP contribution in [0.5, 0.6) is 0 Å². The quantitative estimate of drug-likeness (QED) is 0.665. The summed E-state index contributed by atoms with van der Waals surface area (Å²) in [6.45, 7) is 1.41. The van der Waals surface area contributed by atoms with Crippen molar-refractivity contribution >= 4 is 5.91 Å². The van der Waals surface area contributed by atoms with Crippen molar-refractivity contribution < 1.29 is 9.32 Å². The van der Waals surface area contributed by atoms with Gasteiger partial charge in [-0.3, -0.25) is 4.79 Å². The van der Waals surface area contributed by atoms with E-state index < -0.39 is 0 Å². The van der Waals surface area contributed by atoms with Crippen molar-refractivity contribution in [2.75, 3.05) is 13.1 Å². The fourth-order valence-electron chi connectivity index (χ4n) is 4.35. The fourth-order valence-corrected chi connectivity index (χ4v) is 4.35. The van der Waals surface area contributed by atoms with Gasteiger partial charge in [0.05, 0.1) is 17.7 Å². The number of carbonyl (C=O) groups is 1. The van der Waals surface area contributed by atoms with E-state index in [4.69, 9.17) is 4.52 Å². The van der Waals surface area contributed by atoms with Gasteiger partial charge in [0.2, 0.25) is 5.91 Å². The number of nitrogens with zero attached hydrogens (tertiary/aromatic N) is 6. The molecule has 3 aliphatic rings. The molecular formula is C21H22N6O2. The van der Waals surface area contributed by atoms with Crippen molar-refractivity contribution in [1.82, 2.24) is 30.0 Å². The van der Waals surface area contributed by atoms with Crippen LogP contribution in [0.4, 0.5) is 0 Å². The van der Waals surface area contributed by atoms with E-state index in [9.17, 15) is 4.79 Å². The van der Waals surface area contributed by atoms with Crippen molar-refractivity contribution in [3.8, 4) is 11.6 Å². The van der Waals surface area contributed by atoms with E-state index in [-0.39, 0.29) is 17.4 Å². The molecule has 3 aromatic rings. The van der Waals surface area contributed by atoms with Crippen LogP contribution >= 0.6 is 0 Å². The molecule has 2 aromatic heterocycles. The van der Waals surface area contributed by atoms with Crippen LogP contribution in [0.3, 0.4) is 0 Å². The van der Waals surface area contributed by atoms with Crippen LogP contribution < -0.4 is 0 Å². The summed E-state index contributed by atoms with van der Waals surface area (Å²) in [6, 6.07) is 10.3. The second-order valence-electron chi connectivity index (χ2n) is 8.46. The molecule has 0 radical (unpaired) electrons. The van der Waals surface area contributed by atoms with Gasteiger partial charge in [-0.2, -0.15) is 4.98 Å². The molecule has 2 aliphatic carbocycles. The maximum absolute atomic E-state index is 13.3. The Morgan fingerprint density at radius 2 is 1.97 bits per heavy atom. The summed E-state index contributed by atoms with van der Waals surface area (Å²) in [4.78, 5) is 19.7. The number of amides is 1. The van der Waals surface area contributed by atoms with Gasteiger partial charge in [0.15, 0.2) is 11.5 Å². The zero-order chi connectivity index (χ0) is 19.4. The van der Waals surface area contributed by atoms with E-state index in [1.165, 1.54) is 0 Å². The summed E-state index contributed by atoms with van der Waals surface area (Å²) in [5.74, 6) is 1.88.